The number of hydrogen-bond donors (Lipinski definition) is 2. The van der Waals surface area contributed by atoms with Gasteiger partial charge in [0.05, 0.1) is 17.4 Å². The molecule has 1 saturated carbocycles. The van der Waals surface area contributed by atoms with E-state index in [9.17, 15) is 13.2 Å². The van der Waals surface area contributed by atoms with Gasteiger partial charge < -0.3 is 10.1 Å². The summed E-state index contributed by atoms with van der Waals surface area (Å²) in [5.74, 6) is 0.521. The maximum absolute atomic E-state index is 12.6. The van der Waals surface area contributed by atoms with Gasteiger partial charge >= 0.3 is 0 Å². The molecule has 6 nitrogen and oxygen atoms in total. The number of carbonyl (C=O) groups is 1. The molecule has 0 radical (unpaired) electrons. The quantitative estimate of drug-likeness (QED) is 0.708. The molecule has 3 rings (SSSR count). The highest BCUT2D eigenvalue weighted by Crippen LogP contribution is 2.48. The summed E-state index contributed by atoms with van der Waals surface area (Å²) in [4.78, 5) is 12.7. The van der Waals surface area contributed by atoms with Gasteiger partial charge in [-0.05, 0) is 56.0 Å². The van der Waals surface area contributed by atoms with E-state index in [2.05, 4.69) is 10.0 Å². The van der Waals surface area contributed by atoms with Crippen molar-refractivity contribution in [2.75, 3.05) is 11.8 Å². The Kier molecular flexibility index (Phi) is 5.65. The van der Waals surface area contributed by atoms with Crippen LogP contribution in [0.1, 0.15) is 38.7 Å². The first-order valence-corrected chi connectivity index (χ1v) is 10.9. The lowest BCUT2D eigenvalue weighted by atomic mass is 9.94. The van der Waals surface area contributed by atoms with Crippen LogP contribution in [0.4, 0.5) is 5.69 Å². The highest BCUT2D eigenvalue weighted by Gasteiger charge is 2.51. The van der Waals surface area contributed by atoms with E-state index in [1.807, 2.05) is 26.0 Å². The minimum Gasteiger partial charge on any atom is -0.497 e. The molecule has 1 aliphatic carbocycles. The summed E-state index contributed by atoms with van der Waals surface area (Å²) in [6.07, 6.45) is 2.50. The Balaban J connectivity index is 1.75. The lowest BCUT2D eigenvalue weighted by molar-refractivity contribution is -0.124. The van der Waals surface area contributed by atoms with Crippen LogP contribution in [0.2, 0.25) is 0 Å². The highest BCUT2D eigenvalue weighted by molar-refractivity contribution is 7.92. The Morgan fingerprint density at radius 2 is 1.86 bits per heavy atom. The van der Waals surface area contributed by atoms with Gasteiger partial charge in [-0.15, -0.1) is 0 Å². The topological polar surface area (TPSA) is 84.5 Å². The van der Waals surface area contributed by atoms with E-state index in [0.29, 0.717) is 11.4 Å². The van der Waals surface area contributed by atoms with E-state index in [4.69, 9.17) is 4.74 Å². The third-order valence-corrected chi connectivity index (χ3v) is 6.59. The summed E-state index contributed by atoms with van der Waals surface area (Å²) in [7, 11) is -2.23. The molecule has 2 aromatic carbocycles. The lowest BCUT2D eigenvalue weighted by Crippen LogP contribution is -2.39. The third kappa shape index (κ3) is 4.14. The van der Waals surface area contributed by atoms with Crippen LogP contribution in [0.15, 0.2) is 53.4 Å². The van der Waals surface area contributed by atoms with Crippen LogP contribution in [0.25, 0.3) is 0 Å². The van der Waals surface area contributed by atoms with Crippen LogP contribution in [0, 0.1) is 0 Å². The summed E-state index contributed by atoms with van der Waals surface area (Å²) in [5, 5.41) is 3.05. The average Bonchev–Trinajstić information content (AvgIpc) is 3.50. The molecule has 1 fully saturated rings. The highest BCUT2D eigenvalue weighted by atomic mass is 32.2. The summed E-state index contributed by atoms with van der Waals surface area (Å²) in [6, 6.07) is 13.5. The van der Waals surface area contributed by atoms with Crippen LogP contribution in [0.5, 0.6) is 5.75 Å². The molecule has 1 amide bonds. The van der Waals surface area contributed by atoms with Crippen LogP contribution in [-0.2, 0) is 20.2 Å². The second-order valence-corrected chi connectivity index (χ2v) is 8.91. The maximum atomic E-state index is 12.6. The smallest absolute Gasteiger partial charge is 0.262 e. The zero-order valence-corrected chi connectivity index (χ0v) is 17.2. The number of carbonyl (C=O) groups excluding carboxylic acids is 1. The van der Waals surface area contributed by atoms with Crippen molar-refractivity contribution >= 4 is 21.6 Å². The number of ether oxygens (including phenoxy) is 1. The molecule has 0 bridgehead atoms. The largest absolute Gasteiger partial charge is 0.497 e. The monoisotopic (exact) mass is 402 g/mol. The Morgan fingerprint density at radius 1 is 1.18 bits per heavy atom. The van der Waals surface area contributed by atoms with E-state index in [0.717, 1.165) is 24.8 Å². The SMILES string of the molecule is CC[C@H](C)NC(=O)C1(c2ccc(NS(=O)(=O)c3cccc(OC)c3)cc2)CC1. The summed E-state index contributed by atoms with van der Waals surface area (Å²) in [6.45, 7) is 4.03. The molecule has 2 aromatic rings. The Hall–Kier alpha value is -2.54. The molecular weight excluding hydrogens is 376 g/mol. The van der Waals surface area contributed by atoms with Crippen molar-refractivity contribution in [2.24, 2.45) is 0 Å². The third-order valence-electron chi connectivity index (χ3n) is 5.22. The van der Waals surface area contributed by atoms with Crippen LogP contribution < -0.4 is 14.8 Å². The van der Waals surface area contributed by atoms with Gasteiger partial charge in [0, 0.05) is 17.8 Å². The van der Waals surface area contributed by atoms with E-state index in [-0.39, 0.29) is 16.8 Å². The number of anilines is 1. The van der Waals surface area contributed by atoms with Gasteiger partial charge in [-0.1, -0.05) is 25.1 Å². The van der Waals surface area contributed by atoms with E-state index < -0.39 is 15.4 Å². The molecule has 1 atom stereocenters. The fourth-order valence-corrected chi connectivity index (χ4v) is 4.17. The predicted octanol–water partition coefficient (Wildman–Crippen LogP) is 3.44. The van der Waals surface area contributed by atoms with Gasteiger partial charge in [-0.3, -0.25) is 9.52 Å². The number of nitrogens with one attached hydrogen (secondary N) is 2. The lowest BCUT2D eigenvalue weighted by Gasteiger charge is -2.19. The van der Waals surface area contributed by atoms with Crippen molar-refractivity contribution in [2.45, 2.75) is 49.5 Å². The number of rotatable bonds is 8. The minimum atomic E-state index is -3.72. The fraction of sp³-hybridized carbons (Fsp3) is 0.381. The Labute approximate surface area is 166 Å². The number of benzene rings is 2. The van der Waals surface area contributed by atoms with Gasteiger partial charge in [-0.2, -0.15) is 0 Å². The molecule has 0 heterocycles. The predicted molar refractivity (Wildman–Crippen MR) is 109 cm³/mol. The molecule has 7 heteroatoms. The van der Waals surface area contributed by atoms with Crippen molar-refractivity contribution in [1.82, 2.24) is 5.32 Å². The Bertz CT molecular complexity index is 951. The molecule has 0 aromatic heterocycles. The van der Waals surface area contributed by atoms with Gasteiger partial charge in [0.15, 0.2) is 0 Å². The van der Waals surface area contributed by atoms with Crippen molar-refractivity contribution in [3.8, 4) is 5.75 Å². The number of hydrogen-bond acceptors (Lipinski definition) is 4. The van der Waals surface area contributed by atoms with Crippen LogP contribution in [-0.4, -0.2) is 27.5 Å². The first-order valence-electron chi connectivity index (χ1n) is 9.39. The molecule has 28 heavy (non-hydrogen) atoms. The number of amides is 1. The molecular formula is C21H26N2O4S. The molecule has 1 aliphatic rings. The number of sulfonamides is 1. The van der Waals surface area contributed by atoms with Crippen molar-refractivity contribution in [1.29, 1.82) is 0 Å². The van der Waals surface area contributed by atoms with Gasteiger partial charge in [0.1, 0.15) is 5.75 Å². The average molecular weight is 403 g/mol. The maximum Gasteiger partial charge on any atom is 0.262 e. The van der Waals surface area contributed by atoms with Gasteiger partial charge in [-0.25, -0.2) is 8.42 Å². The van der Waals surface area contributed by atoms with Crippen molar-refractivity contribution in [3.05, 3.63) is 54.1 Å². The van der Waals surface area contributed by atoms with E-state index in [1.54, 1.807) is 24.3 Å². The van der Waals surface area contributed by atoms with Crippen molar-refractivity contribution < 1.29 is 17.9 Å². The van der Waals surface area contributed by atoms with Crippen molar-refractivity contribution in [3.63, 3.8) is 0 Å². The summed E-state index contributed by atoms with van der Waals surface area (Å²) in [5.41, 5.74) is 0.885. The standard InChI is InChI=1S/C21H26N2O4S/c1-4-15(2)22-20(24)21(12-13-21)16-8-10-17(11-9-16)23-28(25,26)19-7-5-6-18(14-19)27-3/h5-11,14-15,23H,4,12-13H2,1-3H3,(H,22,24)/t15-/m0/s1. The molecule has 0 saturated heterocycles. The van der Waals surface area contributed by atoms with E-state index >= 15 is 0 Å². The summed E-state index contributed by atoms with van der Waals surface area (Å²) >= 11 is 0. The second-order valence-electron chi connectivity index (χ2n) is 7.23. The van der Waals surface area contributed by atoms with Gasteiger partial charge in [0.2, 0.25) is 5.91 Å². The molecule has 0 spiro atoms. The zero-order chi connectivity index (χ0) is 20.4. The molecule has 0 aliphatic heterocycles. The second kappa shape index (κ2) is 7.83. The molecule has 0 unspecified atom stereocenters. The minimum absolute atomic E-state index is 0.0477. The van der Waals surface area contributed by atoms with Gasteiger partial charge in [0.25, 0.3) is 10.0 Å². The Morgan fingerprint density at radius 3 is 2.43 bits per heavy atom. The first kappa shape index (κ1) is 20.2. The van der Waals surface area contributed by atoms with Crippen LogP contribution >= 0.6 is 0 Å². The van der Waals surface area contributed by atoms with E-state index in [1.165, 1.54) is 19.2 Å². The normalized spacial score (nSPS) is 16.1. The first-order chi connectivity index (χ1) is 13.3. The van der Waals surface area contributed by atoms with Crippen LogP contribution in [0.3, 0.4) is 0 Å². The zero-order valence-electron chi connectivity index (χ0n) is 16.4. The number of methoxy groups -OCH3 is 1. The molecule has 2 N–H and O–H groups in total. The molecule has 150 valence electrons. The summed E-state index contributed by atoms with van der Waals surface area (Å²) < 4.78 is 32.9. The fourth-order valence-electron chi connectivity index (χ4n) is 3.08.